The number of nitrogens with zero attached hydrogens (tertiary/aromatic N) is 3. The lowest BCUT2D eigenvalue weighted by Gasteiger charge is -2.35. The van der Waals surface area contributed by atoms with E-state index in [0.29, 0.717) is 25.1 Å². The monoisotopic (exact) mass is 469 g/mol. The number of rotatable bonds is 9. The second-order valence-electron chi connectivity index (χ2n) is 9.16. The average Bonchev–Trinajstić information content (AvgIpc) is 2.92. The number of aryl methyl sites for hydroxylation is 1. The fourth-order valence-electron chi connectivity index (χ4n) is 4.51. The molecule has 182 valence electrons. The normalized spacial score (nSPS) is 14.0. The van der Waals surface area contributed by atoms with Crippen LogP contribution in [0.1, 0.15) is 40.4 Å². The summed E-state index contributed by atoms with van der Waals surface area (Å²) in [6.45, 7) is 7.13. The molecule has 0 atom stereocenters. The summed E-state index contributed by atoms with van der Waals surface area (Å²) in [5, 5.41) is 0. The Morgan fingerprint density at radius 3 is 1.94 bits per heavy atom. The number of hydrogen-bond acceptors (Lipinski definition) is 3. The zero-order valence-corrected chi connectivity index (χ0v) is 20.6. The maximum atomic E-state index is 13.3. The van der Waals surface area contributed by atoms with Crippen LogP contribution in [-0.2, 0) is 24.3 Å². The van der Waals surface area contributed by atoms with Gasteiger partial charge >= 0.3 is 0 Å². The molecule has 1 saturated heterocycles. The van der Waals surface area contributed by atoms with Gasteiger partial charge in [0.25, 0.3) is 5.91 Å². The quantitative estimate of drug-likeness (QED) is 0.459. The summed E-state index contributed by atoms with van der Waals surface area (Å²) >= 11 is 0. The Morgan fingerprint density at radius 1 is 0.743 bits per heavy atom. The first-order chi connectivity index (χ1) is 17.1. The Morgan fingerprint density at radius 2 is 1.34 bits per heavy atom. The van der Waals surface area contributed by atoms with Crippen LogP contribution < -0.4 is 0 Å². The topological polar surface area (TPSA) is 43.9 Å². The van der Waals surface area contributed by atoms with Gasteiger partial charge in [0.2, 0.25) is 5.91 Å². The first-order valence-electron chi connectivity index (χ1n) is 12.6. The molecular formula is C30H35N3O2. The minimum Gasteiger partial charge on any atom is -0.340 e. The average molecular weight is 470 g/mol. The van der Waals surface area contributed by atoms with Crippen LogP contribution in [-0.4, -0.2) is 59.2 Å². The van der Waals surface area contributed by atoms with Crippen LogP contribution in [0, 0.1) is 0 Å². The maximum Gasteiger partial charge on any atom is 0.254 e. The van der Waals surface area contributed by atoms with Crippen molar-refractivity contribution in [3.05, 3.63) is 107 Å². The molecule has 0 saturated carbocycles. The van der Waals surface area contributed by atoms with E-state index in [1.807, 2.05) is 65.6 Å². The van der Waals surface area contributed by atoms with E-state index in [1.165, 1.54) is 11.1 Å². The number of amides is 2. The molecule has 1 heterocycles. The van der Waals surface area contributed by atoms with Crippen molar-refractivity contribution < 1.29 is 9.59 Å². The molecule has 1 aliphatic heterocycles. The Labute approximate surface area is 209 Å². The molecule has 5 heteroatoms. The lowest BCUT2D eigenvalue weighted by Crippen LogP contribution is -2.49. The van der Waals surface area contributed by atoms with Crippen LogP contribution in [0.15, 0.2) is 84.9 Å². The molecule has 4 rings (SSSR count). The molecule has 0 radical (unpaired) electrons. The first kappa shape index (κ1) is 24.7. The first-order valence-corrected chi connectivity index (χ1v) is 12.6. The van der Waals surface area contributed by atoms with Crippen molar-refractivity contribution in [3.8, 4) is 0 Å². The van der Waals surface area contributed by atoms with Gasteiger partial charge in [-0.05, 0) is 35.2 Å². The smallest absolute Gasteiger partial charge is 0.254 e. The van der Waals surface area contributed by atoms with Gasteiger partial charge in [-0.2, -0.15) is 0 Å². The van der Waals surface area contributed by atoms with E-state index in [1.54, 1.807) is 4.90 Å². The highest BCUT2D eigenvalue weighted by Crippen LogP contribution is 2.14. The Balaban J connectivity index is 1.34. The minimum absolute atomic E-state index is 0.0306. The van der Waals surface area contributed by atoms with Crippen molar-refractivity contribution in [2.24, 2.45) is 0 Å². The zero-order chi connectivity index (χ0) is 24.5. The molecule has 1 fully saturated rings. The van der Waals surface area contributed by atoms with Gasteiger partial charge in [-0.25, -0.2) is 0 Å². The van der Waals surface area contributed by atoms with Gasteiger partial charge in [0.05, 0.1) is 0 Å². The number of benzene rings is 3. The largest absolute Gasteiger partial charge is 0.340 e. The molecule has 0 unspecified atom stereocenters. The van der Waals surface area contributed by atoms with Crippen molar-refractivity contribution in [1.29, 1.82) is 0 Å². The summed E-state index contributed by atoms with van der Waals surface area (Å²) in [4.78, 5) is 32.5. The van der Waals surface area contributed by atoms with Crippen LogP contribution in [0.25, 0.3) is 0 Å². The van der Waals surface area contributed by atoms with E-state index < -0.39 is 0 Å². The molecule has 0 aromatic heterocycles. The molecule has 1 aliphatic rings. The molecular weight excluding hydrogens is 434 g/mol. The second kappa shape index (κ2) is 12.3. The van der Waals surface area contributed by atoms with E-state index >= 15 is 0 Å². The SMILES string of the molecule is CCc1ccc(C(=O)N(CCC(=O)N2CCN(Cc3ccccc3)CC2)Cc2ccccc2)cc1. The molecule has 2 amide bonds. The van der Waals surface area contributed by atoms with E-state index in [9.17, 15) is 9.59 Å². The lowest BCUT2D eigenvalue weighted by molar-refractivity contribution is -0.133. The van der Waals surface area contributed by atoms with Crippen molar-refractivity contribution >= 4 is 11.8 Å². The standard InChI is InChI=1S/C30H35N3O2/c1-2-25-13-15-28(16-14-25)30(35)33(24-27-11-7-4-8-12-27)18-17-29(34)32-21-19-31(20-22-32)23-26-9-5-3-6-10-26/h3-16H,2,17-24H2,1H3. The van der Waals surface area contributed by atoms with Crippen LogP contribution in [0.3, 0.4) is 0 Å². The van der Waals surface area contributed by atoms with Crippen molar-refractivity contribution in [2.45, 2.75) is 32.9 Å². The van der Waals surface area contributed by atoms with Crippen LogP contribution >= 0.6 is 0 Å². The molecule has 0 spiro atoms. The highest BCUT2D eigenvalue weighted by atomic mass is 16.2. The summed E-state index contributed by atoms with van der Waals surface area (Å²) in [6.07, 6.45) is 1.28. The third kappa shape index (κ3) is 7.03. The predicted molar refractivity (Wildman–Crippen MR) is 140 cm³/mol. The van der Waals surface area contributed by atoms with Crippen molar-refractivity contribution in [3.63, 3.8) is 0 Å². The fraction of sp³-hybridized carbons (Fsp3) is 0.333. The number of carbonyl (C=O) groups is 2. The summed E-state index contributed by atoms with van der Waals surface area (Å²) in [7, 11) is 0. The molecule has 0 N–H and O–H groups in total. The third-order valence-corrected chi connectivity index (χ3v) is 6.68. The van der Waals surface area contributed by atoms with Gasteiger partial charge in [-0.15, -0.1) is 0 Å². The minimum atomic E-state index is -0.0306. The zero-order valence-electron chi connectivity index (χ0n) is 20.6. The molecule has 3 aromatic carbocycles. The van der Waals surface area contributed by atoms with E-state index in [0.717, 1.165) is 44.7 Å². The van der Waals surface area contributed by atoms with E-state index in [4.69, 9.17) is 0 Å². The Kier molecular flexibility index (Phi) is 8.68. The molecule has 3 aromatic rings. The van der Waals surface area contributed by atoms with E-state index in [2.05, 4.69) is 36.1 Å². The summed E-state index contributed by atoms with van der Waals surface area (Å²) in [6, 6.07) is 28.2. The summed E-state index contributed by atoms with van der Waals surface area (Å²) < 4.78 is 0. The predicted octanol–water partition coefficient (Wildman–Crippen LogP) is 4.63. The lowest BCUT2D eigenvalue weighted by atomic mass is 10.1. The summed E-state index contributed by atoms with van der Waals surface area (Å²) in [5.41, 5.74) is 4.24. The number of piperazine rings is 1. The van der Waals surface area contributed by atoms with Crippen LogP contribution in [0.2, 0.25) is 0 Å². The van der Waals surface area contributed by atoms with Gasteiger partial charge in [-0.3, -0.25) is 14.5 Å². The third-order valence-electron chi connectivity index (χ3n) is 6.68. The van der Waals surface area contributed by atoms with Crippen LogP contribution in [0.4, 0.5) is 0 Å². The van der Waals surface area contributed by atoms with E-state index in [-0.39, 0.29) is 11.8 Å². The van der Waals surface area contributed by atoms with Gasteiger partial charge in [0, 0.05) is 57.8 Å². The molecule has 0 bridgehead atoms. The number of hydrogen-bond donors (Lipinski definition) is 0. The highest BCUT2D eigenvalue weighted by Gasteiger charge is 2.23. The fourth-order valence-corrected chi connectivity index (χ4v) is 4.51. The second-order valence-corrected chi connectivity index (χ2v) is 9.16. The van der Waals surface area contributed by atoms with Gasteiger partial charge in [0.1, 0.15) is 0 Å². The molecule has 5 nitrogen and oxygen atoms in total. The van der Waals surface area contributed by atoms with Crippen molar-refractivity contribution in [1.82, 2.24) is 14.7 Å². The van der Waals surface area contributed by atoms with Gasteiger partial charge in [0.15, 0.2) is 0 Å². The molecule has 35 heavy (non-hydrogen) atoms. The highest BCUT2D eigenvalue weighted by molar-refractivity contribution is 5.94. The molecule has 0 aliphatic carbocycles. The van der Waals surface area contributed by atoms with Crippen LogP contribution in [0.5, 0.6) is 0 Å². The Hall–Kier alpha value is -3.44. The van der Waals surface area contributed by atoms with Gasteiger partial charge < -0.3 is 9.80 Å². The van der Waals surface area contributed by atoms with Gasteiger partial charge in [-0.1, -0.05) is 79.7 Å². The van der Waals surface area contributed by atoms with Crippen molar-refractivity contribution in [2.75, 3.05) is 32.7 Å². The Bertz CT molecular complexity index is 1080. The number of carbonyl (C=O) groups excluding carboxylic acids is 2. The maximum absolute atomic E-state index is 13.3. The summed E-state index contributed by atoms with van der Waals surface area (Å²) in [5.74, 6) is 0.0912.